The van der Waals surface area contributed by atoms with Crippen molar-refractivity contribution in [1.29, 1.82) is 0 Å². The fourth-order valence-electron chi connectivity index (χ4n) is 6.20. The maximum absolute atomic E-state index is 12.9. The van der Waals surface area contributed by atoms with Gasteiger partial charge in [0, 0.05) is 44.8 Å². The Morgan fingerprint density at radius 3 is 2.40 bits per heavy atom. The van der Waals surface area contributed by atoms with Crippen LogP contribution in [0.1, 0.15) is 63.2 Å². The first-order valence-corrected chi connectivity index (χ1v) is 14.6. The number of nitrogens with zero attached hydrogens (tertiary/aromatic N) is 3. The van der Waals surface area contributed by atoms with Gasteiger partial charge in [-0.15, -0.1) is 0 Å². The summed E-state index contributed by atoms with van der Waals surface area (Å²) in [5.41, 5.74) is 7.66. The molecule has 2 aromatic rings. The number of nitrogens with two attached hydrogens (primary N) is 1. The molecule has 2 aromatic carbocycles. The summed E-state index contributed by atoms with van der Waals surface area (Å²) >= 11 is 6.14. The van der Waals surface area contributed by atoms with Gasteiger partial charge in [0.05, 0.1) is 34.5 Å². The number of methoxy groups -OCH3 is 1. The van der Waals surface area contributed by atoms with Crippen molar-refractivity contribution in [2.24, 2.45) is 5.92 Å². The van der Waals surface area contributed by atoms with Gasteiger partial charge in [0.25, 0.3) is 17.7 Å². The highest BCUT2D eigenvalue weighted by molar-refractivity contribution is 6.33. The molecule has 0 aliphatic carbocycles. The van der Waals surface area contributed by atoms with E-state index in [1.54, 1.807) is 36.4 Å². The number of piperidine rings is 2. The zero-order chi connectivity index (χ0) is 28.2. The Bertz CT molecular complexity index is 1230. The van der Waals surface area contributed by atoms with Crippen LogP contribution in [0.15, 0.2) is 36.4 Å². The number of likely N-dealkylation sites (tertiary alicyclic amines) is 2. The summed E-state index contributed by atoms with van der Waals surface area (Å²) in [6.07, 6.45) is 4.95. The number of hydrogen-bond donors (Lipinski definition) is 2. The number of nitrogens with one attached hydrogen (secondary N) is 1. The van der Waals surface area contributed by atoms with Crippen LogP contribution in [-0.4, -0.2) is 91.4 Å². The Balaban J connectivity index is 1.04. The van der Waals surface area contributed by atoms with Gasteiger partial charge in [0.15, 0.2) is 0 Å². The maximum atomic E-state index is 12.9. The molecule has 5 rings (SSSR count). The van der Waals surface area contributed by atoms with E-state index in [-0.39, 0.29) is 23.8 Å². The topological polar surface area (TPSA) is 108 Å². The average molecular weight is 568 g/mol. The van der Waals surface area contributed by atoms with Gasteiger partial charge in [-0.25, -0.2) is 0 Å². The van der Waals surface area contributed by atoms with Gasteiger partial charge in [-0.2, -0.15) is 0 Å². The van der Waals surface area contributed by atoms with Gasteiger partial charge in [-0.1, -0.05) is 23.7 Å². The van der Waals surface area contributed by atoms with Crippen molar-refractivity contribution in [3.8, 4) is 5.75 Å². The third-order valence-corrected chi connectivity index (χ3v) is 8.67. The summed E-state index contributed by atoms with van der Waals surface area (Å²) < 4.78 is 5.33. The molecule has 0 saturated carbocycles. The number of anilines is 1. The van der Waals surface area contributed by atoms with Gasteiger partial charge in [-0.05, 0) is 69.3 Å². The van der Waals surface area contributed by atoms with Crippen molar-refractivity contribution in [2.45, 2.75) is 38.1 Å². The quantitative estimate of drug-likeness (QED) is 0.352. The first kappa shape index (κ1) is 28.4. The third kappa shape index (κ3) is 6.27. The third-order valence-electron chi connectivity index (χ3n) is 8.34. The number of nitrogen functional groups attached to an aromatic ring is 1. The molecule has 9 nitrogen and oxygen atoms in total. The molecule has 10 heteroatoms. The molecule has 40 heavy (non-hydrogen) atoms. The minimum absolute atomic E-state index is 0.106. The smallest absolute Gasteiger partial charge is 0.261 e. The molecule has 1 atom stereocenters. The summed E-state index contributed by atoms with van der Waals surface area (Å²) in [4.78, 5) is 44.5. The molecule has 3 heterocycles. The van der Waals surface area contributed by atoms with Crippen molar-refractivity contribution < 1.29 is 19.1 Å². The number of ether oxygens (including phenoxy) is 1. The van der Waals surface area contributed by atoms with Crippen LogP contribution in [0.4, 0.5) is 5.69 Å². The maximum Gasteiger partial charge on any atom is 0.261 e. The fourth-order valence-corrected chi connectivity index (χ4v) is 6.37. The van der Waals surface area contributed by atoms with Crippen LogP contribution in [0.3, 0.4) is 0 Å². The zero-order valence-corrected chi connectivity index (χ0v) is 23.8. The number of carbonyl (C=O) groups excluding carboxylic acids is 3. The van der Waals surface area contributed by atoms with E-state index in [1.807, 2.05) is 0 Å². The van der Waals surface area contributed by atoms with Crippen molar-refractivity contribution >= 4 is 35.0 Å². The number of rotatable bonds is 9. The van der Waals surface area contributed by atoms with Gasteiger partial charge in [-0.3, -0.25) is 19.3 Å². The van der Waals surface area contributed by atoms with Crippen LogP contribution in [0.25, 0.3) is 0 Å². The number of halogens is 1. The molecule has 3 N–H and O–H groups in total. The van der Waals surface area contributed by atoms with Crippen LogP contribution >= 0.6 is 11.6 Å². The van der Waals surface area contributed by atoms with E-state index in [0.717, 1.165) is 65.0 Å². The largest absolute Gasteiger partial charge is 0.496 e. The lowest BCUT2D eigenvalue weighted by Gasteiger charge is -2.38. The highest BCUT2D eigenvalue weighted by atomic mass is 35.5. The van der Waals surface area contributed by atoms with Gasteiger partial charge < -0.3 is 25.6 Å². The van der Waals surface area contributed by atoms with Crippen LogP contribution in [0, 0.1) is 5.92 Å². The molecule has 0 radical (unpaired) electrons. The highest BCUT2D eigenvalue weighted by Gasteiger charge is 2.35. The Labute approximate surface area is 240 Å². The van der Waals surface area contributed by atoms with E-state index in [9.17, 15) is 14.4 Å². The molecule has 2 saturated heterocycles. The molecule has 0 spiro atoms. The number of benzene rings is 2. The number of fused-ring (bicyclic) bond motifs is 1. The van der Waals surface area contributed by atoms with Crippen LogP contribution in [-0.2, 0) is 0 Å². The van der Waals surface area contributed by atoms with E-state index in [1.165, 1.54) is 18.4 Å². The first-order chi connectivity index (χ1) is 19.3. The number of imide groups is 1. The molecule has 0 aromatic heterocycles. The standard InChI is InChI=1S/C30H38ClN5O4/c1-40-27-17-26(32)25(31)16-24(27)28(37)33-21-9-14-35(15-10-21)19-20-6-4-11-34(18-20)12-5-13-36-29(38)22-7-2-3-8-23(22)30(36)39/h2-3,7-8,16-17,20-21H,4-6,9-15,18-19,32H2,1H3,(H,33,37). The van der Waals surface area contributed by atoms with Crippen LogP contribution < -0.4 is 15.8 Å². The minimum Gasteiger partial charge on any atom is -0.496 e. The predicted molar refractivity (Wildman–Crippen MR) is 155 cm³/mol. The summed E-state index contributed by atoms with van der Waals surface area (Å²) in [6, 6.07) is 10.3. The summed E-state index contributed by atoms with van der Waals surface area (Å²) in [7, 11) is 1.51. The van der Waals surface area contributed by atoms with Gasteiger partial charge in [0.1, 0.15) is 5.75 Å². The Hall–Kier alpha value is -3.14. The molecule has 3 amide bonds. The molecule has 3 aliphatic rings. The second-order valence-electron chi connectivity index (χ2n) is 11.1. The van der Waals surface area contributed by atoms with Crippen molar-refractivity contribution in [1.82, 2.24) is 20.0 Å². The van der Waals surface area contributed by atoms with E-state index >= 15 is 0 Å². The highest BCUT2D eigenvalue weighted by Crippen LogP contribution is 2.29. The number of carbonyl (C=O) groups is 3. The molecular weight excluding hydrogens is 530 g/mol. The SMILES string of the molecule is COc1cc(N)c(Cl)cc1C(=O)NC1CCN(CC2CCCN(CCCN3C(=O)c4ccccc4C3=O)C2)CC1. The second kappa shape index (κ2) is 12.6. The lowest BCUT2D eigenvalue weighted by molar-refractivity contribution is 0.0640. The van der Waals surface area contributed by atoms with Crippen molar-refractivity contribution in [3.63, 3.8) is 0 Å². The summed E-state index contributed by atoms with van der Waals surface area (Å²) in [6.45, 7) is 6.39. The zero-order valence-electron chi connectivity index (χ0n) is 23.0. The summed E-state index contributed by atoms with van der Waals surface area (Å²) in [5, 5.41) is 3.48. The average Bonchev–Trinajstić information content (AvgIpc) is 3.20. The Kier molecular flexibility index (Phi) is 8.93. The molecule has 2 fully saturated rings. The van der Waals surface area contributed by atoms with E-state index < -0.39 is 0 Å². The van der Waals surface area contributed by atoms with E-state index in [2.05, 4.69) is 15.1 Å². The fraction of sp³-hybridized carbons (Fsp3) is 0.500. The van der Waals surface area contributed by atoms with E-state index in [0.29, 0.717) is 45.6 Å². The van der Waals surface area contributed by atoms with Crippen molar-refractivity contribution in [2.75, 3.05) is 58.7 Å². The molecule has 3 aliphatic heterocycles. The minimum atomic E-state index is -0.193. The monoisotopic (exact) mass is 567 g/mol. The summed E-state index contributed by atoms with van der Waals surface area (Å²) in [5.74, 6) is 0.477. The van der Waals surface area contributed by atoms with Gasteiger partial charge >= 0.3 is 0 Å². The molecule has 214 valence electrons. The van der Waals surface area contributed by atoms with Crippen LogP contribution in [0.2, 0.25) is 5.02 Å². The predicted octanol–water partition coefficient (Wildman–Crippen LogP) is 3.52. The first-order valence-electron chi connectivity index (χ1n) is 14.2. The Morgan fingerprint density at radius 2 is 1.73 bits per heavy atom. The van der Waals surface area contributed by atoms with Gasteiger partial charge in [0.2, 0.25) is 0 Å². The van der Waals surface area contributed by atoms with Crippen molar-refractivity contribution in [3.05, 3.63) is 58.1 Å². The second-order valence-corrected chi connectivity index (χ2v) is 11.5. The molecule has 0 bridgehead atoms. The molecule has 1 unspecified atom stereocenters. The lowest BCUT2D eigenvalue weighted by Crippen LogP contribution is -2.48. The number of amides is 3. The van der Waals surface area contributed by atoms with E-state index in [4.69, 9.17) is 22.1 Å². The number of hydrogen-bond acceptors (Lipinski definition) is 7. The van der Waals surface area contributed by atoms with Crippen LogP contribution in [0.5, 0.6) is 5.75 Å². The molecular formula is C30H38ClN5O4. The Morgan fingerprint density at radius 1 is 1.02 bits per heavy atom. The normalized spacial score (nSPS) is 20.6. The lowest BCUT2D eigenvalue weighted by atomic mass is 9.95.